The molecule has 0 spiro atoms. The van der Waals surface area contributed by atoms with Crippen molar-refractivity contribution < 1.29 is 19.1 Å². The maximum atomic E-state index is 11.4. The Hall–Kier alpha value is -1.29. The molecule has 0 amide bonds. The first-order valence-electron chi connectivity index (χ1n) is 5.50. The number of carboxylic acid groups (broad SMARTS) is 1. The number of ether oxygens (including phenoxy) is 1. The van der Waals surface area contributed by atoms with Crippen LogP contribution in [-0.2, 0) is 21.6 Å². The van der Waals surface area contributed by atoms with Crippen LogP contribution in [0.25, 0.3) is 0 Å². The molecule has 1 aliphatic rings. The maximum absolute atomic E-state index is 11.4. The Kier molecular flexibility index (Phi) is 3.01. The average Bonchev–Trinajstić information content (AvgIpc) is 2.85. The minimum Gasteiger partial charge on any atom is -0.480 e. The van der Waals surface area contributed by atoms with Crippen molar-refractivity contribution in [3.63, 3.8) is 0 Å². The van der Waals surface area contributed by atoms with Crippen LogP contribution in [0.1, 0.15) is 37.2 Å². The van der Waals surface area contributed by atoms with Gasteiger partial charge in [0, 0.05) is 7.11 Å². The highest BCUT2D eigenvalue weighted by atomic mass is 16.5. The van der Waals surface area contributed by atoms with Gasteiger partial charge in [0.2, 0.25) is 0 Å². The highest BCUT2D eigenvalue weighted by Gasteiger charge is 2.45. The van der Waals surface area contributed by atoms with Crippen LogP contribution in [0, 0.1) is 0 Å². The lowest BCUT2D eigenvalue weighted by atomic mass is 9.84. The molecule has 1 heterocycles. The molecule has 1 aromatic rings. The Bertz CT molecular complexity index is 374. The van der Waals surface area contributed by atoms with Gasteiger partial charge in [-0.15, -0.1) is 0 Å². The second-order valence-corrected chi connectivity index (χ2v) is 4.29. The molecular formula is C12H16O4. The number of furan rings is 1. The molecule has 4 heteroatoms. The molecule has 2 rings (SSSR count). The topological polar surface area (TPSA) is 59.7 Å². The van der Waals surface area contributed by atoms with E-state index in [1.165, 1.54) is 0 Å². The maximum Gasteiger partial charge on any atom is 0.317 e. The SMILES string of the molecule is COCc1ccc(C2(C(=O)O)CCCC2)o1. The summed E-state index contributed by atoms with van der Waals surface area (Å²) in [5, 5.41) is 9.37. The average molecular weight is 224 g/mol. The molecule has 0 unspecified atom stereocenters. The summed E-state index contributed by atoms with van der Waals surface area (Å²) in [6.07, 6.45) is 3.24. The van der Waals surface area contributed by atoms with Crippen molar-refractivity contribution >= 4 is 5.97 Å². The summed E-state index contributed by atoms with van der Waals surface area (Å²) >= 11 is 0. The molecule has 1 aromatic heterocycles. The van der Waals surface area contributed by atoms with E-state index >= 15 is 0 Å². The fourth-order valence-corrected chi connectivity index (χ4v) is 2.40. The highest BCUT2D eigenvalue weighted by molar-refractivity contribution is 5.80. The number of carboxylic acids is 1. The van der Waals surface area contributed by atoms with Crippen molar-refractivity contribution in [2.45, 2.75) is 37.7 Å². The smallest absolute Gasteiger partial charge is 0.317 e. The predicted molar refractivity (Wildman–Crippen MR) is 57.2 cm³/mol. The highest BCUT2D eigenvalue weighted by Crippen LogP contribution is 2.42. The van der Waals surface area contributed by atoms with Gasteiger partial charge in [-0.2, -0.15) is 0 Å². The third kappa shape index (κ3) is 1.73. The zero-order chi connectivity index (χ0) is 11.6. The van der Waals surface area contributed by atoms with E-state index in [2.05, 4.69) is 0 Å². The molecule has 1 saturated carbocycles. The van der Waals surface area contributed by atoms with Gasteiger partial charge < -0.3 is 14.3 Å². The first-order valence-corrected chi connectivity index (χ1v) is 5.50. The number of rotatable bonds is 4. The van der Waals surface area contributed by atoms with Gasteiger partial charge in [0.05, 0.1) is 0 Å². The number of hydrogen-bond acceptors (Lipinski definition) is 3. The molecule has 0 bridgehead atoms. The van der Waals surface area contributed by atoms with Gasteiger partial charge in [-0.25, -0.2) is 0 Å². The van der Waals surface area contributed by atoms with Crippen molar-refractivity contribution in [2.75, 3.05) is 7.11 Å². The second kappa shape index (κ2) is 4.29. The molecule has 0 aromatic carbocycles. The Balaban J connectivity index is 2.28. The fraction of sp³-hybridized carbons (Fsp3) is 0.583. The minimum absolute atomic E-state index is 0.385. The van der Waals surface area contributed by atoms with Crippen molar-refractivity contribution in [1.82, 2.24) is 0 Å². The lowest BCUT2D eigenvalue weighted by Crippen LogP contribution is -2.32. The number of hydrogen-bond donors (Lipinski definition) is 1. The molecule has 0 saturated heterocycles. The number of aliphatic carboxylic acids is 1. The van der Waals surface area contributed by atoms with Gasteiger partial charge in [0.1, 0.15) is 23.5 Å². The van der Waals surface area contributed by atoms with Crippen molar-refractivity contribution in [3.05, 3.63) is 23.7 Å². The molecule has 1 aliphatic carbocycles. The summed E-state index contributed by atoms with van der Waals surface area (Å²) in [7, 11) is 1.59. The van der Waals surface area contributed by atoms with E-state index in [-0.39, 0.29) is 0 Å². The summed E-state index contributed by atoms with van der Waals surface area (Å²) in [6.45, 7) is 0.385. The Labute approximate surface area is 94.2 Å². The molecule has 16 heavy (non-hydrogen) atoms. The Morgan fingerprint density at radius 3 is 2.75 bits per heavy atom. The van der Waals surface area contributed by atoms with Gasteiger partial charge in [-0.1, -0.05) is 12.8 Å². The molecule has 0 atom stereocenters. The summed E-state index contributed by atoms with van der Waals surface area (Å²) in [5.41, 5.74) is -0.800. The van der Waals surface area contributed by atoms with Crippen LogP contribution >= 0.6 is 0 Å². The molecule has 88 valence electrons. The van der Waals surface area contributed by atoms with Crippen LogP contribution in [-0.4, -0.2) is 18.2 Å². The van der Waals surface area contributed by atoms with Crippen LogP contribution in [0.5, 0.6) is 0 Å². The van der Waals surface area contributed by atoms with Gasteiger partial charge in [-0.3, -0.25) is 4.79 Å². The van der Waals surface area contributed by atoms with Crippen LogP contribution in [0.2, 0.25) is 0 Å². The molecule has 0 aliphatic heterocycles. The zero-order valence-electron chi connectivity index (χ0n) is 9.36. The van der Waals surface area contributed by atoms with E-state index in [1.807, 2.05) is 0 Å². The largest absolute Gasteiger partial charge is 0.480 e. The minimum atomic E-state index is -0.800. The normalized spacial score (nSPS) is 18.8. The standard InChI is InChI=1S/C12H16O4/c1-15-8-9-4-5-10(16-9)12(11(13)14)6-2-3-7-12/h4-5H,2-3,6-8H2,1H3,(H,13,14). The summed E-state index contributed by atoms with van der Waals surface area (Å²) in [4.78, 5) is 11.4. The lowest BCUT2D eigenvalue weighted by molar-refractivity contribution is -0.144. The van der Waals surface area contributed by atoms with Gasteiger partial charge in [0.15, 0.2) is 0 Å². The Morgan fingerprint density at radius 1 is 1.50 bits per heavy atom. The van der Waals surface area contributed by atoms with Gasteiger partial charge >= 0.3 is 5.97 Å². The predicted octanol–water partition coefficient (Wildman–Crippen LogP) is 2.32. The van der Waals surface area contributed by atoms with Crippen molar-refractivity contribution in [3.8, 4) is 0 Å². The van der Waals surface area contributed by atoms with Gasteiger partial charge in [-0.05, 0) is 25.0 Å². The quantitative estimate of drug-likeness (QED) is 0.852. The van der Waals surface area contributed by atoms with E-state index in [0.29, 0.717) is 31.0 Å². The monoisotopic (exact) mass is 224 g/mol. The van der Waals surface area contributed by atoms with E-state index < -0.39 is 11.4 Å². The summed E-state index contributed by atoms with van der Waals surface area (Å²) in [6, 6.07) is 3.57. The van der Waals surface area contributed by atoms with Gasteiger partial charge in [0.25, 0.3) is 0 Å². The number of carbonyl (C=O) groups is 1. The molecule has 1 N–H and O–H groups in total. The third-order valence-electron chi connectivity index (χ3n) is 3.29. The van der Waals surface area contributed by atoms with Crippen LogP contribution < -0.4 is 0 Å². The Morgan fingerprint density at radius 2 is 2.19 bits per heavy atom. The van der Waals surface area contributed by atoms with E-state index in [4.69, 9.17) is 9.15 Å². The molecule has 0 radical (unpaired) electrons. The van der Waals surface area contributed by atoms with Crippen molar-refractivity contribution in [1.29, 1.82) is 0 Å². The summed E-state index contributed by atoms with van der Waals surface area (Å²) in [5.74, 6) is 0.484. The van der Waals surface area contributed by atoms with Crippen molar-refractivity contribution in [2.24, 2.45) is 0 Å². The van der Waals surface area contributed by atoms with E-state index in [1.54, 1.807) is 19.2 Å². The number of methoxy groups -OCH3 is 1. The fourth-order valence-electron chi connectivity index (χ4n) is 2.40. The van der Waals surface area contributed by atoms with Crippen LogP contribution in [0.4, 0.5) is 0 Å². The van der Waals surface area contributed by atoms with E-state index in [9.17, 15) is 9.90 Å². The summed E-state index contributed by atoms with van der Waals surface area (Å²) < 4.78 is 10.5. The molecule has 4 nitrogen and oxygen atoms in total. The molecular weight excluding hydrogens is 208 g/mol. The first kappa shape index (κ1) is 11.2. The zero-order valence-corrected chi connectivity index (χ0v) is 9.36. The van der Waals surface area contributed by atoms with Crippen LogP contribution in [0.15, 0.2) is 16.5 Å². The first-order chi connectivity index (χ1) is 7.69. The molecule has 1 fully saturated rings. The lowest BCUT2D eigenvalue weighted by Gasteiger charge is -2.20. The van der Waals surface area contributed by atoms with E-state index in [0.717, 1.165) is 12.8 Å². The van der Waals surface area contributed by atoms with Crippen LogP contribution in [0.3, 0.4) is 0 Å². The third-order valence-corrected chi connectivity index (χ3v) is 3.29. The second-order valence-electron chi connectivity index (χ2n) is 4.29.